The van der Waals surface area contributed by atoms with Crippen LogP contribution < -0.4 is 10.2 Å². The van der Waals surface area contributed by atoms with E-state index in [1.807, 2.05) is 43.1 Å². The zero-order valence-electron chi connectivity index (χ0n) is 18.9. The molecule has 1 N–H and O–H groups in total. The van der Waals surface area contributed by atoms with Gasteiger partial charge in [0.05, 0.1) is 5.69 Å². The second kappa shape index (κ2) is 11.6. The molecule has 0 radical (unpaired) electrons. The molecule has 0 bridgehead atoms. The number of guanidine groups is 1. The zero-order chi connectivity index (χ0) is 21.6. The van der Waals surface area contributed by atoms with E-state index in [0.717, 1.165) is 81.8 Å². The number of para-hydroxylation sites is 1. The van der Waals surface area contributed by atoms with Crippen LogP contribution >= 0.6 is 24.0 Å². The van der Waals surface area contributed by atoms with E-state index >= 15 is 0 Å². The first-order chi connectivity index (χ1) is 15.1. The Balaban J connectivity index is 0.00000289. The lowest BCUT2D eigenvalue weighted by atomic mass is 10.2. The van der Waals surface area contributed by atoms with Crippen molar-refractivity contribution in [1.82, 2.24) is 20.3 Å². The molecule has 174 valence electrons. The van der Waals surface area contributed by atoms with Gasteiger partial charge >= 0.3 is 0 Å². The van der Waals surface area contributed by atoms with Gasteiger partial charge in [-0.2, -0.15) is 0 Å². The SMILES string of the molecule is CN=C(NCCCC(=O)N1CCc2ccccc21)N1CCN(Cc2cc(C)on2)CC1.I. The highest BCUT2D eigenvalue weighted by atomic mass is 127. The van der Waals surface area contributed by atoms with Crippen LogP contribution in [0, 0.1) is 6.92 Å². The number of nitrogens with zero attached hydrogens (tertiary/aromatic N) is 5. The molecule has 4 rings (SSSR count). The first-order valence-corrected chi connectivity index (χ1v) is 11.1. The molecule has 9 heteroatoms. The van der Waals surface area contributed by atoms with Crippen molar-refractivity contribution in [2.24, 2.45) is 4.99 Å². The number of hydrogen-bond acceptors (Lipinski definition) is 5. The van der Waals surface area contributed by atoms with Gasteiger partial charge in [-0.1, -0.05) is 23.4 Å². The summed E-state index contributed by atoms with van der Waals surface area (Å²) in [6.07, 6.45) is 2.29. The molecule has 0 unspecified atom stereocenters. The Labute approximate surface area is 207 Å². The molecule has 2 aliphatic rings. The summed E-state index contributed by atoms with van der Waals surface area (Å²) in [4.78, 5) is 23.7. The third-order valence-electron chi connectivity index (χ3n) is 5.98. The third kappa shape index (κ3) is 6.00. The average Bonchev–Trinajstić information content (AvgIpc) is 3.40. The van der Waals surface area contributed by atoms with Gasteiger partial charge in [-0.05, 0) is 31.4 Å². The van der Waals surface area contributed by atoms with Crippen LogP contribution in [0.3, 0.4) is 0 Å². The number of piperazine rings is 1. The molecule has 0 spiro atoms. The number of hydrogen-bond donors (Lipinski definition) is 1. The van der Waals surface area contributed by atoms with Gasteiger partial charge in [0.25, 0.3) is 0 Å². The van der Waals surface area contributed by atoms with E-state index in [1.165, 1.54) is 5.56 Å². The number of carbonyl (C=O) groups excluding carboxylic acids is 1. The van der Waals surface area contributed by atoms with Crippen LogP contribution in [0.15, 0.2) is 39.8 Å². The number of rotatable bonds is 6. The fourth-order valence-electron chi connectivity index (χ4n) is 4.34. The molecule has 1 aromatic carbocycles. The molecule has 0 aliphatic carbocycles. The van der Waals surface area contributed by atoms with Gasteiger partial charge in [0.2, 0.25) is 5.91 Å². The fraction of sp³-hybridized carbons (Fsp3) is 0.522. The second-order valence-corrected chi connectivity index (χ2v) is 8.19. The number of aliphatic imine (C=N–C) groups is 1. The topological polar surface area (TPSA) is 77.2 Å². The van der Waals surface area contributed by atoms with Crippen LogP contribution in [-0.2, 0) is 17.8 Å². The van der Waals surface area contributed by atoms with Gasteiger partial charge in [0.1, 0.15) is 5.76 Å². The maximum Gasteiger partial charge on any atom is 0.227 e. The van der Waals surface area contributed by atoms with Gasteiger partial charge in [0, 0.05) is 71.0 Å². The fourth-order valence-corrected chi connectivity index (χ4v) is 4.34. The highest BCUT2D eigenvalue weighted by molar-refractivity contribution is 14.0. The maximum atomic E-state index is 12.7. The molecule has 1 aromatic heterocycles. The average molecular weight is 552 g/mol. The molecule has 8 nitrogen and oxygen atoms in total. The number of anilines is 1. The van der Waals surface area contributed by atoms with Crippen molar-refractivity contribution in [3.8, 4) is 0 Å². The highest BCUT2D eigenvalue weighted by Crippen LogP contribution is 2.28. The molecule has 32 heavy (non-hydrogen) atoms. The Morgan fingerprint density at radius 3 is 2.69 bits per heavy atom. The smallest absolute Gasteiger partial charge is 0.227 e. The quantitative estimate of drug-likeness (QED) is 0.257. The summed E-state index contributed by atoms with van der Waals surface area (Å²) in [5.74, 6) is 1.97. The van der Waals surface area contributed by atoms with E-state index in [1.54, 1.807) is 0 Å². The van der Waals surface area contributed by atoms with Gasteiger partial charge in [0.15, 0.2) is 5.96 Å². The van der Waals surface area contributed by atoms with Crippen LogP contribution in [0.2, 0.25) is 0 Å². The molecule has 2 aromatic rings. The summed E-state index contributed by atoms with van der Waals surface area (Å²) in [7, 11) is 1.82. The molecule has 1 saturated heterocycles. The molecule has 1 fully saturated rings. The van der Waals surface area contributed by atoms with Gasteiger partial charge in [-0.25, -0.2) is 0 Å². The molecule has 0 atom stereocenters. The molecule has 3 heterocycles. The summed E-state index contributed by atoms with van der Waals surface area (Å²) in [5.41, 5.74) is 3.33. The normalized spacial score (nSPS) is 16.6. The molecular formula is C23H33IN6O2. The number of benzene rings is 1. The van der Waals surface area contributed by atoms with Gasteiger partial charge < -0.3 is 19.6 Å². The van der Waals surface area contributed by atoms with E-state index in [0.29, 0.717) is 6.42 Å². The standard InChI is InChI=1S/C23H32N6O2.HI/c1-18-16-20(26-31-18)17-27-12-14-28(15-13-27)23(24-2)25-10-5-8-22(30)29-11-9-19-6-3-4-7-21(19)29;/h3-4,6-7,16H,5,8-15,17H2,1-2H3,(H,24,25);1H. The summed E-state index contributed by atoms with van der Waals surface area (Å²) < 4.78 is 5.16. The molecule has 2 aliphatic heterocycles. The lowest BCUT2D eigenvalue weighted by Gasteiger charge is -2.36. The number of aryl methyl sites for hydroxylation is 1. The summed E-state index contributed by atoms with van der Waals surface area (Å²) in [5, 5.41) is 7.52. The number of aromatic nitrogens is 1. The minimum absolute atomic E-state index is 0. The second-order valence-electron chi connectivity index (χ2n) is 8.19. The number of amides is 1. The van der Waals surface area contributed by atoms with E-state index in [2.05, 4.69) is 31.3 Å². The number of carbonyl (C=O) groups is 1. The Hall–Kier alpha value is -2.14. The van der Waals surface area contributed by atoms with Crippen molar-refractivity contribution in [2.45, 2.75) is 32.7 Å². The summed E-state index contributed by atoms with van der Waals surface area (Å²) >= 11 is 0. The molecule has 1 amide bonds. The van der Waals surface area contributed by atoms with E-state index in [-0.39, 0.29) is 29.9 Å². The Kier molecular flexibility index (Phi) is 8.92. The van der Waals surface area contributed by atoms with E-state index < -0.39 is 0 Å². The largest absolute Gasteiger partial charge is 0.361 e. The van der Waals surface area contributed by atoms with Crippen molar-refractivity contribution in [2.75, 3.05) is 51.2 Å². The predicted octanol–water partition coefficient (Wildman–Crippen LogP) is 2.66. The van der Waals surface area contributed by atoms with Crippen molar-refractivity contribution in [3.63, 3.8) is 0 Å². The Bertz CT molecular complexity index is 923. The predicted molar refractivity (Wildman–Crippen MR) is 137 cm³/mol. The highest BCUT2D eigenvalue weighted by Gasteiger charge is 2.24. The monoisotopic (exact) mass is 552 g/mol. The van der Waals surface area contributed by atoms with E-state index in [9.17, 15) is 4.79 Å². The van der Waals surface area contributed by atoms with Crippen LogP contribution in [0.1, 0.15) is 29.9 Å². The zero-order valence-corrected chi connectivity index (χ0v) is 21.2. The van der Waals surface area contributed by atoms with Gasteiger partial charge in [-0.3, -0.25) is 14.7 Å². The number of fused-ring (bicyclic) bond motifs is 1. The van der Waals surface area contributed by atoms with Crippen LogP contribution in [0.4, 0.5) is 5.69 Å². The minimum atomic E-state index is 0. The van der Waals surface area contributed by atoms with Crippen LogP contribution in [-0.4, -0.2) is 73.1 Å². The number of nitrogens with one attached hydrogen (secondary N) is 1. The Morgan fingerprint density at radius 1 is 1.19 bits per heavy atom. The number of halogens is 1. The maximum absolute atomic E-state index is 12.7. The Morgan fingerprint density at radius 2 is 1.97 bits per heavy atom. The lowest BCUT2D eigenvalue weighted by molar-refractivity contribution is -0.118. The lowest BCUT2D eigenvalue weighted by Crippen LogP contribution is -2.52. The summed E-state index contributed by atoms with van der Waals surface area (Å²) in [6, 6.07) is 10.2. The molecule has 0 saturated carbocycles. The minimum Gasteiger partial charge on any atom is -0.361 e. The van der Waals surface area contributed by atoms with Crippen molar-refractivity contribution >= 4 is 41.5 Å². The summed E-state index contributed by atoms with van der Waals surface area (Å²) in [6.45, 7) is 8.03. The first-order valence-electron chi connectivity index (χ1n) is 11.1. The first kappa shape index (κ1) is 24.5. The third-order valence-corrected chi connectivity index (χ3v) is 5.98. The van der Waals surface area contributed by atoms with Gasteiger partial charge in [-0.15, -0.1) is 24.0 Å². The van der Waals surface area contributed by atoms with Crippen LogP contribution in [0.5, 0.6) is 0 Å². The molecular weight excluding hydrogens is 519 g/mol. The van der Waals surface area contributed by atoms with Crippen molar-refractivity contribution < 1.29 is 9.32 Å². The van der Waals surface area contributed by atoms with Crippen molar-refractivity contribution in [1.29, 1.82) is 0 Å². The van der Waals surface area contributed by atoms with E-state index in [4.69, 9.17) is 4.52 Å². The van der Waals surface area contributed by atoms with Crippen molar-refractivity contribution in [3.05, 3.63) is 47.3 Å². The van der Waals surface area contributed by atoms with Crippen LogP contribution in [0.25, 0.3) is 0 Å².